The minimum atomic E-state index is -4.73. The molecule has 0 radical (unpaired) electrons. The Hall–Kier alpha value is -0.310. The van der Waals surface area contributed by atoms with Crippen LogP contribution in [0, 0.1) is 0 Å². The van der Waals surface area contributed by atoms with Gasteiger partial charge < -0.3 is 29.8 Å². The van der Waals surface area contributed by atoms with Gasteiger partial charge in [-0.05, 0) is 6.92 Å². The van der Waals surface area contributed by atoms with Gasteiger partial charge in [0.05, 0.1) is 6.10 Å². The molecule has 0 aliphatic heterocycles. The van der Waals surface area contributed by atoms with Crippen molar-refractivity contribution in [2.24, 2.45) is 0 Å². The highest BCUT2D eigenvalue weighted by Crippen LogP contribution is 2.41. The van der Waals surface area contributed by atoms with E-state index in [1.807, 2.05) is 0 Å². The zero-order valence-electron chi connectivity index (χ0n) is 9.32. The van der Waals surface area contributed by atoms with Crippen LogP contribution in [0.25, 0.3) is 0 Å². The van der Waals surface area contributed by atoms with Crippen molar-refractivity contribution in [1.29, 1.82) is 0 Å². The van der Waals surface area contributed by atoms with Crippen LogP contribution < -0.4 is 0 Å². The zero-order valence-corrected chi connectivity index (χ0v) is 11.1. The van der Waals surface area contributed by atoms with Crippen LogP contribution in [0.5, 0.6) is 0 Å². The van der Waals surface area contributed by atoms with Gasteiger partial charge in [-0.2, -0.15) is 0 Å². The van der Waals surface area contributed by atoms with Gasteiger partial charge >= 0.3 is 21.2 Å². The Labute approximate surface area is 102 Å². The molecule has 0 heterocycles. The molecule has 10 nitrogen and oxygen atoms in total. The number of rotatable bonds is 7. The molecule has 0 fully saturated rings. The molecule has 0 aromatic carbocycles. The van der Waals surface area contributed by atoms with E-state index in [1.54, 1.807) is 0 Å². The van der Waals surface area contributed by atoms with Gasteiger partial charge in [-0.25, -0.2) is 0 Å². The van der Waals surface area contributed by atoms with Gasteiger partial charge in [-0.15, -0.1) is 0 Å². The van der Waals surface area contributed by atoms with Crippen molar-refractivity contribution in [3.05, 3.63) is 0 Å². The highest BCUT2D eigenvalue weighted by Gasteiger charge is 2.37. The van der Waals surface area contributed by atoms with Gasteiger partial charge in [0.15, 0.2) is 0 Å². The molecule has 2 unspecified atom stereocenters. The van der Waals surface area contributed by atoms with Crippen molar-refractivity contribution in [3.8, 4) is 0 Å². The van der Waals surface area contributed by atoms with E-state index in [0.717, 1.165) is 6.92 Å². The Morgan fingerprint density at radius 1 is 1.11 bits per heavy atom. The van der Waals surface area contributed by atoms with E-state index in [9.17, 15) is 19.0 Å². The number of aliphatic carboxylic acids is 1. The maximum Gasteiger partial charge on any atom is 0.339 e. The normalized spacial score (nSPS) is 16.6. The fourth-order valence-electron chi connectivity index (χ4n) is 1.36. The molecule has 0 aliphatic rings. The first-order valence-corrected chi connectivity index (χ1v) is 8.17. The Balaban J connectivity index is 5.23. The molecular formula is C6H15NO9P2. The van der Waals surface area contributed by atoms with Crippen molar-refractivity contribution < 1.29 is 43.7 Å². The highest BCUT2D eigenvalue weighted by molar-refractivity contribution is 7.52. The van der Waals surface area contributed by atoms with Crippen molar-refractivity contribution >= 4 is 21.2 Å². The van der Waals surface area contributed by atoms with Crippen LogP contribution in [0.15, 0.2) is 0 Å². The number of carboxylic acids is 1. The van der Waals surface area contributed by atoms with Crippen LogP contribution in [0.3, 0.4) is 0 Å². The van der Waals surface area contributed by atoms with E-state index in [-0.39, 0.29) is 0 Å². The summed E-state index contributed by atoms with van der Waals surface area (Å²) in [5.41, 5.74) is 0. The van der Waals surface area contributed by atoms with Crippen LogP contribution >= 0.6 is 15.2 Å². The number of hydrogen-bond acceptors (Lipinski definition) is 5. The van der Waals surface area contributed by atoms with Gasteiger partial charge in [0.2, 0.25) is 0 Å². The van der Waals surface area contributed by atoms with Crippen molar-refractivity contribution in [2.75, 3.05) is 12.6 Å². The van der Waals surface area contributed by atoms with Gasteiger partial charge in [-0.1, -0.05) is 0 Å². The van der Waals surface area contributed by atoms with E-state index >= 15 is 0 Å². The molecular weight excluding hydrogens is 292 g/mol. The second-order valence-electron chi connectivity index (χ2n) is 3.72. The molecule has 0 aromatic rings. The van der Waals surface area contributed by atoms with Gasteiger partial charge in [0, 0.05) is 0 Å². The summed E-state index contributed by atoms with van der Waals surface area (Å²) in [6, 6.07) is -1.83. The molecule has 0 spiro atoms. The second kappa shape index (κ2) is 6.23. The van der Waals surface area contributed by atoms with E-state index in [4.69, 9.17) is 24.7 Å². The molecule has 12 heteroatoms. The van der Waals surface area contributed by atoms with Crippen LogP contribution in [-0.4, -0.2) is 65.4 Å². The lowest BCUT2D eigenvalue weighted by molar-refractivity contribution is -0.146. The largest absolute Gasteiger partial charge is 0.480 e. The predicted octanol–water partition coefficient (Wildman–Crippen LogP) is -1.61. The number of aliphatic hydroxyl groups excluding tert-OH is 1. The predicted molar refractivity (Wildman–Crippen MR) is 58.8 cm³/mol. The number of aliphatic hydroxyl groups is 1. The topological polar surface area (TPSA) is 176 Å². The van der Waals surface area contributed by atoms with Crippen LogP contribution in [0.2, 0.25) is 0 Å². The molecule has 0 aliphatic carbocycles. The Kier molecular flexibility index (Phi) is 6.12. The number of carboxylic acid groups (broad SMARTS) is 1. The summed E-state index contributed by atoms with van der Waals surface area (Å²) in [7, 11) is -9.47. The molecule has 0 aromatic heterocycles. The first kappa shape index (κ1) is 17.7. The lowest BCUT2D eigenvalue weighted by Gasteiger charge is -2.30. The SMILES string of the molecule is CC(O)C(C(=O)O)N(CP(=O)(O)O)CP(=O)(O)O. The molecule has 0 saturated heterocycles. The molecule has 6 N–H and O–H groups in total. The lowest BCUT2D eigenvalue weighted by atomic mass is 10.2. The summed E-state index contributed by atoms with van der Waals surface area (Å²) >= 11 is 0. The number of nitrogens with zero attached hydrogens (tertiary/aromatic N) is 1. The maximum atomic E-state index is 10.8. The van der Waals surface area contributed by atoms with Crippen LogP contribution in [0.4, 0.5) is 0 Å². The number of hydrogen-bond donors (Lipinski definition) is 6. The summed E-state index contributed by atoms with van der Waals surface area (Å²) < 4.78 is 21.6. The average molecular weight is 307 g/mol. The van der Waals surface area contributed by atoms with Gasteiger partial charge in [0.1, 0.15) is 18.6 Å². The fourth-order valence-corrected chi connectivity index (χ4v) is 3.02. The van der Waals surface area contributed by atoms with E-state index < -0.39 is 45.9 Å². The molecule has 108 valence electrons. The lowest BCUT2D eigenvalue weighted by Crippen LogP contribution is -2.48. The minimum absolute atomic E-state index is 0.356. The summed E-state index contributed by atoms with van der Waals surface area (Å²) in [4.78, 5) is 46.2. The third kappa shape index (κ3) is 7.20. The summed E-state index contributed by atoms with van der Waals surface area (Å²) in [6.45, 7) is 1.03. The minimum Gasteiger partial charge on any atom is -0.480 e. The van der Waals surface area contributed by atoms with E-state index in [1.165, 1.54) is 0 Å². The summed E-state index contributed by atoms with van der Waals surface area (Å²) in [6.07, 6.45) is -3.93. The van der Waals surface area contributed by atoms with Crippen molar-refractivity contribution in [1.82, 2.24) is 4.90 Å². The van der Waals surface area contributed by atoms with Crippen molar-refractivity contribution in [2.45, 2.75) is 19.1 Å². The summed E-state index contributed by atoms with van der Waals surface area (Å²) in [5, 5.41) is 18.0. The van der Waals surface area contributed by atoms with Crippen LogP contribution in [0.1, 0.15) is 6.92 Å². The average Bonchev–Trinajstić information content (AvgIpc) is 1.93. The third-order valence-electron chi connectivity index (χ3n) is 1.84. The first-order chi connectivity index (χ1) is 7.83. The van der Waals surface area contributed by atoms with Gasteiger partial charge in [-0.3, -0.25) is 18.8 Å². The van der Waals surface area contributed by atoms with Crippen molar-refractivity contribution in [3.63, 3.8) is 0 Å². The zero-order chi connectivity index (χ0) is 14.7. The molecule has 0 saturated carbocycles. The quantitative estimate of drug-likeness (QED) is 0.300. The molecule has 0 rings (SSSR count). The van der Waals surface area contributed by atoms with Gasteiger partial charge in [0.25, 0.3) is 0 Å². The molecule has 2 atom stereocenters. The maximum absolute atomic E-state index is 10.8. The second-order valence-corrected chi connectivity index (χ2v) is 6.95. The van der Waals surface area contributed by atoms with Crippen LogP contribution in [-0.2, 0) is 13.9 Å². The monoisotopic (exact) mass is 307 g/mol. The fraction of sp³-hybridized carbons (Fsp3) is 0.833. The first-order valence-electron chi connectivity index (χ1n) is 4.57. The van der Waals surface area contributed by atoms with E-state index in [0.29, 0.717) is 4.90 Å². The molecule has 0 bridgehead atoms. The number of carbonyl (C=O) groups is 1. The Bertz CT molecular complexity index is 361. The molecule has 18 heavy (non-hydrogen) atoms. The highest BCUT2D eigenvalue weighted by atomic mass is 31.2. The standard InChI is InChI=1S/C6H15NO9P2/c1-4(8)5(6(9)10)7(2-17(11,12)13)3-18(14,15)16/h4-5,8H,2-3H2,1H3,(H,9,10)(H2,11,12,13)(H2,14,15,16). The third-order valence-corrected chi connectivity index (χ3v) is 3.30. The summed E-state index contributed by atoms with van der Waals surface area (Å²) in [5.74, 6) is -1.65. The smallest absolute Gasteiger partial charge is 0.339 e. The van der Waals surface area contributed by atoms with E-state index in [2.05, 4.69) is 0 Å². The Morgan fingerprint density at radius 2 is 1.44 bits per heavy atom. The molecule has 0 amide bonds. The Morgan fingerprint density at radius 3 is 1.61 bits per heavy atom.